The summed E-state index contributed by atoms with van der Waals surface area (Å²) in [5.74, 6) is 1.57. The number of rotatable bonds is 7. The molecule has 0 spiro atoms. The number of para-hydroxylation sites is 1. The summed E-state index contributed by atoms with van der Waals surface area (Å²) >= 11 is 7.23. The molecule has 9 heteroatoms. The zero-order valence-corrected chi connectivity index (χ0v) is 24.0. The minimum Gasteiger partial charge on any atom is -0.493 e. The van der Waals surface area contributed by atoms with Crippen molar-refractivity contribution < 1.29 is 13.9 Å². The van der Waals surface area contributed by atoms with E-state index in [-0.39, 0.29) is 23.9 Å². The Balaban J connectivity index is 1.51. The Hall–Kier alpha value is -3.04. The Morgan fingerprint density at radius 1 is 1.08 bits per heavy atom. The van der Waals surface area contributed by atoms with E-state index in [4.69, 9.17) is 14.5 Å². The molecule has 196 valence electrons. The van der Waals surface area contributed by atoms with Gasteiger partial charge in [-0.05, 0) is 80.6 Å². The van der Waals surface area contributed by atoms with E-state index >= 15 is 0 Å². The predicted molar refractivity (Wildman–Crippen MR) is 154 cm³/mol. The molecular formula is C29H26Br2FN3O3. The maximum atomic E-state index is 13.5. The topological polar surface area (TPSA) is 65.7 Å². The highest BCUT2D eigenvalue weighted by Crippen LogP contribution is 2.42. The van der Waals surface area contributed by atoms with Crippen LogP contribution < -0.4 is 15.0 Å². The molecule has 6 nitrogen and oxygen atoms in total. The predicted octanol–water partition coefficient (Wildman–Crippen LogP) is 7.58. The fourth-order valence-electron chi connectivity index (χ4n) is 4.72. The fourth-order valence-corrected chi connectivity index (χ4v) is 5.65. The Morgan fingerprint density at radius 3 is 2.55 bits per heavy atom. The average molecular weight is 643 g/mol. The summed E-state index contributed by atoms with van der Waals surface area (Å²) in [4.78, 5) is 18.4. The van der Waals surface area contributed by atoms with Crippen molar-refractivity contribution in [3.05, 3.63) is 96.7 Å². The molecule has 0 atom stereocenters. The molecular weight excluding hydrogens is 617 g/mol. The van der Waals surface area contributed by atoms with E-state index < -0.39 is 0 Å². The van der Waals surface area contributed by atoms with Crippen molar-refractivity contribution in [2.75, 3.05) is 7.11 Å². The Labute approximate surface area is 236 Å². The van der Waals surface area contributed by atoms with Crippen molar-refractivity contribution in [2.24, 2.45) is 5.10 Å². The summed E-state index contributed by atoms with van der Waals surface area (Å²) in [5, 5.41) is 5.18. The monoisotopic (exact) mass is 641 g/mol. The van der Waals surface area contributed by atoms with Crippen LogP contribution in [0.5, 0.6) is 11.5 Å². The van der Waals surface area contributed by atoms with E-state index in [9.17, 15) is 9.18 Å². The quantitative estimate of drug-likeness (QED) is 0.195. The first-order chi connectivity index (χ1) is 18.5. The Morgan fingerprint density at radius 2 is 1.82 bits per heavy atom. The highest BCUT2D eigenvalue weighted by molar-refractivity contribution is 9.13. The largest absolute Gasteiger partial charge is 0.493 e. The van der Waals surface area contributed by atoms with Crippen LogP contribution in [0.1, 0.15) is 55.0 Å². The van der Waals surface area contributed by atoms with Crippen LogP contribution in [-0.4, -0.2) is 23.0 Å². The lowest BCUT2D eigenvalue weighted by Gasteiger charge is -2.22. The zero-order valence-electron chi connectivity index (χ0n) is 20.8. The molecule has 1 heterocycles. The molecule has 0 aliphatic heterocycles. The van der Waals surface area contributed by atoms with E-state index in [1.54, 1.807) is 37.6 Å². The molecule has 0 radical (unpaired) electrons. The van der Waals surface area contributed by atoms with Crippen LogP contribution in [0.4, 0.5) is 4.39 Å². The fraction of sp³-hybridized carbons (Fsp3) is 0.276. The normalized spacial score (nSPS) is 14.3. The maximum absolute atomic E-state index is 13.5. The number of nitrogens with zero attached hydrogens (tertiary/aromatic N) is 3. The molecule has 1 aliphatic carbocycles. The van der Waals surface area contributed by atoms with Gasteiger partial charge in [0.15, 0.2) is 11.5 Å². The van der Waals surface area contributed by atoms with Crippen molar-refractivity contribution in [1.29, 1.82) is 0 Å². The number of ether oxygens (including phenoxy) is 2. The molecule has 0 N–H and O–H groups in total. The summed E-state index contributed by atoms with van der Waals surface area (Å²) in [6, 6.07) is 15.3. The van der Waals surface area contributed by atoms with Gasteiger partial charge in [0.05, 0.1) is 28.7 Å². The minimum atomic E-state index is -0.300. The highest BCUT2D eigenvalue weighted by Gasteiger charge is 2.23. The second-order valence-corrected chi connectivity index (χ2v) is 10.8. The molecule has 0 unspecified atom stereocenters. The first kappa shape index (κ1) is 26.6. The van der Waals surface area contributed by atoms with Crippen LogP contribution in [0.3, 0.4) is 0 Å². The summed E-state index contributed by atoms with van der Waals surface area (Å²) < 4.78 is 27.6. The molecule has 1 aliphatic rings. The van der Waals surface area contributed by atoms with E-state index in [1.165, 1.54) is 23.2 Å². The number of hydrogen-bond donors (Lipinski definition) is 0. The lowest BCUT2D eigenvalue weighted by Crippen LogP contribution is -2.25. The molecule has 0 bridgehead atoms. The summed E-state index contributed by atoms with van der Waals surface area (Å²) in [5.41, 5.74) is 2.02. The molecule has 3 aromatic carbocycles. The van der Waals surface area contributed by atoms with Gasteiger partial charge in [-0.15, -0.1) is 0 Å². The van der Waals surface area contributed by atoms with Gasteiger partial charge < -0.3 is 9.47 Å². The SMILES string of the molecule is COc1cc(C=Nn2c(C3CCCCC3)nc3ccccc3c2=O)c(Br)c(Br)c1OCc1ccc(F)cc1. The van der Waals surface area contributed by atoms with Gasteiger partial charge >= 0.3 is 0 Å². The third kappa shape index (κ3) is 5.54. The van der Waals surface area contributed by atoms with E-state index in [1.807, 2.05) is 18.2 Å². The van der Waals surface area contributed by atoms with Crippen molar-refractivity contribution in [3.63, 3.8) is 0 Å². The third-order valence-corrected chi connectivity index (χ3v) is 8.88. The second kappa shape index (κ2) is 11.8. The summed E-state index contributed by atoms with van der Waals surface area (Å²) in [7, 11) is 1.56. The van der Waals surface area contributed by atoms with Gasteiger partial charge in [-0.2, -0.15) is 9.78 Å². The second-order valence-electron chi connectivity index (χ2n) is 9.22. The smallest absolute Gasteiger partial charge is 0.282 e. The van der Waals surface area contributed by atoms with Gasteiger partial charge in [0, 0.05) is 16.0 Å². The van der Waals surface area contributed by atoms with Crippen LogP contribution in [0.2, 0.25) is 0 Å². The third-order valence-electron chi connectivity index (χ3n) is 6.73. The number of fused-ring (bicyclic) bond motifs is 1. The molecule has 0 saturated heterocycles. The maximum Gasteiger partial charge on any atom is 0.282 e. The number of hydrogen-bond acceptors (Lipinski definition) is 5. The van der Waals surface area contributed by atoms with Gasteiger partial charge in [0.1, 0.15) is 18.2 Å². The van der Waals surface area contributed by atoms with Crippen molar-refractivity contribution in [1.82, 2.24) is 9.66 Å². The van der Waals surface area contributed by atoms with Crippen LogP contribution >= 0.6 is 31.9 Å². The van der Waals surface area contributed by atoms with Crippen LogP contribution in [0.25, 0.3) is 10.9 Å². The first-order valence-electron chi connectivity index (χ1n) is 12.5. The highest BCUT2D eigenvalue weighted by atomic mass is 79.9. The molecule has 0 amide bonds. The van der Waals surface area contributed by atoms with Gasteiger partial charge in [0.2, 0.25) is 0 Å². The summed E-state index contributed by atoms with van der Waals surface area (Å²) in [6.45, 7) is 0.234. The van der Waals surface area contributed by atoms with Crippen molar-refractivity contribution >= 4 is 49.0 Å². The molecule has 1 aromatic heterocycles. The lowest BCUT2D eigenvalue weighted by molar-refractivity contribution is 0.282. The molecule has 1 fully saturated rings. The lowest BCUT2D eigenvalue weighted by atomic mass is 9.88. The van der Waals surface area contributed by atoms with E-state index in [2.05, 4.69) is 37.0 Å². The van der Waals surface area contributed by atoms with Gasteiger partial charge in [0.25, 0.3) is 5.56 Å². The van der Waals surface area contributed by atoms with Crippen LogP contribution in [0.15, 0.2) is 73.4 Å². The van der Waals surface area contributed by atoms with Crippen molar-refractivity contribution in [3.8, 4) is 11.5 Å². The van der Waals surface area contributed by atoms with Crippen molar-refractivity contribution in [2.45, 2.75) is 44.6 Å². The van der Waals surface area contributed by atoms with Gasteiger partial charge in [-0.3, -0.25) is 4.79 Å². The summed E-state index contributed by atoms with van der Waals surface area (Å²) in [6.07, 6.45) is 7.05. The Bertz CT molecular complexity index is 1550. The first-order valence-corrected chi connectivity index (χ1v) is 14.0. The standard InChI is InChI=1S/C29H26Br2FN3O3/c1-37-24-15-20(25(30)26(31)27(24)38-17-18-11-13-21(32)14-12-18)16-33-35-28(19-7-3-2-4-8-19)34-23-10-6-5-9-22(23)29(35)36/h5-6,9-16,19H,2-4,7-8,17H2,1H3. The van der Waals surface area contributed by atoms with Gasteiger partial charge in [-0.25, -0.2) is 9.37 Å². The number of benzene rings is 3. The van der Waals surface area contributed by atoms with E-state index in [0.717, 1.165) is 31.2 Å². The molecule has 5 rings (SSSR count). The van der Waals surface area contributed by atoms with Crippen LogP contribution in [0, 0.1) is 5.82 Å². The molecule has 1 saturated carbocycles. The molecule has 38 heavy (non-hydrogen) atoms. The number of halogens is 3. The van der Waals surface area contributed by atoms with E-state index in [0.29, 0.717) is 42.7 Å². The minimum absolute atomic E-state index is 0.185. The van der Waals surface area contributed by atoms with Gasteiger partial charge in [-0.1, -0.05) is 43.5 Å². The molecule has 4 aromatic rings. The van der Waals surface area contributed by atoms with Crippen LogP contribution in [-0.2, 0) is 6.61 Å². The number of methoxy groups -OCH3 is 1. The zero-order chi connectivity index (χ0) is 26.6. The Kier molecular flexibility index (Phi) is 8.24. The number of aromatic nitrogens is 2. The average Bonchev–Trinajstić information content (AvgIpc) is 2.95.